The molecule has 0 radical (unpaired) electrons. The molecule has 1 aliphatic carbocycles. The molecular weight excluding hydrogens is 492 g/mol. The Kier molecular flexibility index (Phi) is 8.48. The van der Waals surface area contributed by atoms with Crippen molar-refractivity contribution in [2.75, 3.05) is 43.5 Å². The van der Waals surface area contributed by atoms with Crippen LogP contribution in [0.15, 0.2) is 60.8 Å². The molecule has 1 unspecified atom stereocenters. The Hall–Kier alpha value is -3.82. The number of H-pyrrole nitrogens is 1. The monoisotopic (exact) mass is 528 g/mol. The average Bonchev–Trinajstić information content (AvgIpc) is 3.68. The lowest BCUT2D eigenvalue weighted by Crippen LogP contribution is -2.36. The summed E-state index contributed by atoms with van der Waals surface area (Å²) in [4.78, 5) is 32.2. The largest absolute Gasteiger partial charge is 0.379 e. The first-order valence-corrected chi connectivity index (χ1v) is 13.7. The normalized spacial score (nSPS) is 16.9. The van der Waals surface area contributed by atoms with Crippen LogP contribution >= 0.6 is 0 Å². The van der Waals surface area contributed by atoms with Crippen molar-refractivity contribution in [1.82, 2.24) is 20.1 Å². The Morgan fingerprint density at radius 2 is 1.90 bits per heavy atom. The fraction of sp³-hybridized carbons (Fsp3) is 0.400. The number of nitrogens with one attached hydrogen (secondary N) is 3. The molecule has 3 N–H and O–H groups in total. The van der Waals surface area contributed by atoms with E-state index in [9.17, 15) is 9.59 Å². The molecule has 0 spiro atoms. The van der Waals surface area contributed by atoms with E-state index in [2.05, 4.69) is 30.7 Å². The number of benzene rings is 1. The van der Waals surface area contributed by atoms with Crippen LogP contribution in [0.4, 0.5) is 11.6 Å². The summed E-state index contributed by atoms with van der Waals surface area (Å²) in [6.45, 7) is 8.04. The molecule has 0 bridgehead atoms. The van der Waals surface area contributed by atoms with Gasteiger partial charge >= 0.3 is 0 Å². The molecule has 3 aromatic rings. The average molecular weight is 529 g/mol. The summed E-state index contributed by atoms with van der Waals surface area (Å²) < 4.78 is 5.34. The Morgan fingerprint density at radius 3 is 2.62 bits per heavy atom. The summed E-state index contributed by atoms with van der Waals surface area (Å²) >= 11 is 0. The van der Waals surface area contributed by atoms with Crippen molar-refractivity contribution in [3.63, 3.8) is 0 Å². The number of nitrogens with zero attached hydrogens (tertiary/aromatic N) is 3. The van der Waals surface area contributed by atoms with Crippen LogP contribution in [-0.4, -0.2) is 64.7 Å². The van der Waals surface area contributed by atoms with Gasteiger partial charge in [0.1, 0.15) is 5.82 Å². The molecule has 1 saturated heterocycles. The minimum Gasteiger partial charge on any atom is -0.379 e. The second kappa shape index (κ2) is 12.4. The molecule has 2 aromatic heterocycles. The fourth-order valence-corrected chi connectivity index (χ4v) is 4.86. The third-order valence-electron chi connectivity index (χ3n) is 7.15. The van der Waals surface area contributed by atoms with Crippen molar-refractivity contribution in [1.29, 1.82) is 0 Å². The summed E-state index contributed by atoms with van der Waals surface area (Å²) in [5, 5.41) is 13.1. The van der Waals surface area contributed by atoms with Crippen LogP contribution in [0, 0.1) is 5.92 Å². The Morgan fingerprint density at radius 1 is 1.08 bits per heavy atom. The van der Waals surface area contributed by atoms with Crippen LogP contribution in [0.2, 0.25) is 0 Å². The highest BCUT2D eigenvalue weighted by atomic mass is 16.5. The van der Waals surface area contributed by atoms with Gasteiger partial charge in [-0.25, -0.2) is 4.98 Å². The van der Waals surface area contributed by atoms with Crippen LogP contribution in [0.1, 0.15) is 49.8 Å². The number of morpholine rings is 1. The standard InChI is InChI=1S/C30H36N6O3/c1-20(2)29(30(38)33-27-18-25(34-35-27)21-8-9-21)23-6-3-5-22(17-23)24-10-11-26(31-19-24)32-28(37)7-4-12-36-13-15-39-16-14-36/h3-7,10-11,17-21,29H,8-9,12-16H2,1-2H3,(H,31,32,37)(H2,33,34,35,38)/b7-4+. The summed E-state index contributed by atoms with van der Waals surface area (Å²) in [6, 6.07) is 13.6. The third kappa shape index (κ3) is 7.19. The minimum atomic E-state index is -0.332. The fourth-order valence-electron chi connectivity index (χ4n) is 4.86. The Labute approximate surface area is 229 Å². The molecule has 5 rings (SSSR count). The number of amides is 2. The van der Waals surface area contributed by atoms with Gasteiger partial charge in [-0.15, -0.1) is 0 Å². The quantitative estimate of drug-likeness (QED) is 0.333. The van der Waals surface area contributed by atoms with Crippen molar-refractivity contribution in [2.24, 2.45) is 5.92 Å². The van der Waals surface area contributed by atoms with Gasteiger partial charge in [0, 0.05) is 55.1 Å². The predicted octanol–water partition coefficient (Wildman–Crippen LogP) is 4.55. The van der Waals surface area contributed by atoms with Gasteiger partial charge < -0.3 is 15.4 Å². The van der Waals surface area contributed by atoms with E-state index in [0.717, 1.165) is 55.2 Å². The van der Waals surface area contributed by atoms with Gasteiger partial charge in [0.15, 0.2) is 5.82 Å². The molecule has 2 amide bonds. The highest BCUT2D eigenvalue weighted by Crippen LogP contribution is 2.39. The van der Waals surface area contributed by atoms with Gasteiger partial charge in [0.25, 0.3) is 0 Å². The van der Waals surface area contributed by atoms with Crippen LogP contribution in [0.3, 0.4) is 0 Å². The van der Waals surface area contributed by atoms with E-state index in [0.29, 0.717) is 17.6 Å². The zero-order chi connectivity index (χ0) is 27.2. The second-order valence-corrected chi connectivity index (χ2v) is 10.6. The first kappa shape index (κ1) is 26.8. The van der Waals surface area contributed by atoms with Gasteiger partial charge in [-0.3, -0.25) is 19.6 Å². The number of pyridine rings is 1. The summed E-state index contributed by atoms with van der Waals surface area (Å²) in [6.07, 6.45) is 7.48. The topological polar surface area (TPSA) is 112 Å². The van der Waals surface area contributed by atoms with E-state index in [-0.39, 0.29) is 23.7 Å². The van der Waals surface area contributed by atoms with E-state index < -0.39 is 0 Å². The SMILES string of the molecule is CC(C)C(C(=O)Nc1cc(C2CC2)[nH]n1)c1cccc(-c2ccc(NC(=O)/C=C/CN3CCOCC3)nc2)c1. The summed E-state index contributed by atoms with van der Waals surface area (Å²) in [5.41, 5.74) is 3.88. The van der Waals surface area contributed by atoms with Crippen molar-refractivity contribution < 1.29 is 14.3 Å². The van der Waals surface area contributed by atoms with Crippen molar-refractivity contribution in [2.45, 2.75) is 38.5 Å². The minimum absolute atomic E-state index is 0.0751. The molecule has 1 aromatic carbocycles. The van der Waals surface area contributed by atoms with E-state index in [4.69, 9.17) is 4.74 Å². The number of aromatic amines is 1. The van der Waals surface area contributed by atoms with Gasteiger partial charge in [-0.1, -0.05) is 44.2 Å². The number of rotatable bonds is 10. The number of carbonyl (C=O) groups is 2. The molecule has 1 saturated carbocycles. The first-order chi connectivity index (χ1) is 19.0. The molecule has 2 aliphatic rings. The lowest BCUT2D eigenvalue weighted by Gasteiger charge is -2.24. The van der Waals surface area contributed by atoms with Gasteiger partial charge in [-0.05, 0) is 42.0 Å². The maximum Gasteiger partial charge on any atom is 0.249 e. The van der Waals surface area contributed by atoms with Gasteiger partial charge in [-0.2, -0.15) is 5.10 Å². The Bertz CT molecular complexity index is 1310. The summed E-state index contributed by atoms with van der Waals surface area (Å²) in [7, 11) is 0. The lowest BCUT2D eigenvalue weighted by atomic mass is 9.86. The highest BCUT2D eigenvalue weighted by Gasteiger charge is 2.28. The highest BCUT2D eigenvalue weighted by molar-refractivity contribution is 5.98. The number of aromatic nitrogens is 3. The van der Waals surface area contributed by atoms with Gasteiger partial charge in [0.2, 0.25) is 11.8 Å². The molecule has 2 fully saturated rings. The van der Waals surface area contributed by atoms with E-state index in [1.165, 1.54) is 12.8 Å². The Balaban J connectivity index is 1.21. The molecule has 204 valence electrons. The predicted molar refractivity (Wildman–Crippen MR) is 151 cm³/mol. The molecule has 9 nitrogen and oxygen atoms in total. The van der Waals surface area contributed by atoms with Crippen molar-refractivity contribution in [3.8, 4) is 11.1 Å². The molecular formula is C30H36N6O3. The lowest BCUT2D eigenvalue weighted by molar-refractivity contribution is -0.118. The number of ether oxygens (including phenoxy) is 1. The van der Waals surface area contributed by atoms with Gasteiger partial charge in [0.05, 0.1) is 19.1 Å². The van der Waals surface area contributed by atoms with E-state index in [1.54, 1.807) is 18.3 Å². The second-order valence-electron chi connectivity index (χ2n) is 10.6. The van der Waals surface area contributed by atoms with Crippen molar-refractivity contribution >= 4 is 23.5 Å². The maximum absolute atomic E-state index is 13.3. The van der Waals surface area contributed by atoms with E-state index >= 15 is 0 Å². The number of anilines is 2. The maximum atomic E-state index is 13.3. The van der Waals surface area contributed by atoms with Crippen LogP contribution in [-0.2, 0) is 14.3 Å². The van der Waals surface area contributed by atoms with Crippen LogP contribution in [0.25, 0.3) is 11.1 Å². The molecule has 39 heavy (non-hydrogen) atoms. The van der Waals surface area contributed by atoms with Crippen LogP contribution < -0.4 is 10.6 Å². The number of hydrogen-bond acceptors (Lipinski definition) is 6. The smallest absolute Gasteiger partial charge is 0.249 e. The molecule has 3 heterocycles. The zero-order valence-corrected chi connectivity index (χ0v) is 22.5. The molecule has 1 aliphatic heterocycles. The van der Waals surface area contributed by atoms with Crippen molar-refractivity contribution in [3.05, 3.63) is 72.1 Å². The number of hydrogen-bond donors (Lipinski definition) is 3. The number of carbonyl (C=O) groups excluding carboxylic acids is 2. The zero-order valence-electron chi connectivity index (χ0n) is 22.5. The third-order valence-corrected chi connectivity index (χ3v) is 7.15. The summed E-state index contributed by atoms with van der Waals surface area (Å²) in [5.74, 6) is 1.08. The molecule has 9 heteroatoms. The first-order valence-electron chi connectivity index (χ1n) is 13.7. The van der Waals surface area contributed by atoms with Crippen LogP contribution in [0.5, 0.6) is 0 Å². The van der Waals surface area contributed by atoms with E-state index in [1.807, 2.05) is 56.3 Å². The molecule has 1 atom stereocenters.